The molecule has 0 bridgehead atoms. The number of pyridine rings is 1. The molecule has 0 atom stereocenters. The van der Waals surface area contributed by atoms with Crippen LogP contribution in [0.5, 0.6) is 5.75 Å². The van der Waals surface area contributed by atoms with E-state index in [1.54, 1.807) is 30.3 Å². The van der Waals surface area contributed by atoms with Gasteiger partial charge in [-0.15, -0.1) is 0 Å². The van der Waals surface area contributed by atoms with Gasteiger partial charge in [0, 0.05) is 21.0 Å². The average Bonchev–Trinajstić information content (AvgIpc) is 2.47. The summed E-state index contributed by atoms with van der Waals surface area (Å²) in [4.78, 5) is 4.43. The van der Waals surface area contributed by atoms with Crippen LogP contribution in [0.1, 0.15) is 11.3 Å². The Morgan fingerprint density at radius 3 is 2.33 bits per heavy atom. The average molecular weight is 316 g/mol. The van der Waals surface area contributed by atoms with Gasteiger partial charge in [0.05, 0.1) is 5.69 Å². The molecular formula is C17H11Cl2NO. The van der Waals surface area contributed by atoms with Crippen molar-refractivity contribution in [3.63, 3.8) is 0 Å². The van der Waals surface area contributed by atoms with Crippen LogP contribution in [0.2, 0.25) is 10.0 Å². The first kappa shape index (κ1) is 13.9. The summed E-state index contributed by atoms with van der Waals surface area (Å²) in [6, 6.07) is 14.5. The van der Waals surface area contributed by atoms with Crippen LogP contribution < -0.4 is 0 Å². The van der Waals surface area contributed by atoms with Gasteiger partial charge in [0.1, 0.15) is 11.3 Å². The number of aromatic nitrogens is 1. The Balaban J connectivity index is 2.02. The summed E-state index contributed by atoms with van der Waals surface area (Å²) in [5.41, 5.74) is 2.05. The number of aromatic hydroxyl groups is 1. The van der Waals surface area contributed by atoms with Crippen LogP contribution in [0.4, 0.5) is 0 Å². The standard InChI is InChI=1S/C17H11Cl2NO/c18-14-4-2-5-15(19)13(14)10-9-12-8-7-11-3-1-6-16(21)17(11)20-12/h1-10,21H. The number of hydrogen-bond donors (Lipinski definition) is 1. The Hall–Kier alpha value is -2.03. The van der Waals surface area contributed by atoms with Gasteiger partial charge in [-0.1, -0.05) is 47.5 Å². The van der Waals surface area contributed by atoms with Crippen LogP contribution in [0, 0.1) is 0 Å². The molecule has 0 radical (unpaired) electrons. The predicted molar refractivity (Wildman–Crippen MR) is 88.8 cm³/mol. The van der Waals surface area contributed by atoms with Crippen molar-refractivity contribution in [1.82, 2.24) is 4.98 Å². The van der Waals surface area contributed by atoms with Crippen molar-refractivity contribution in [3.8, 4) is 5.75 Å². The molecule has 3 aromatic rings. The Morgan fingerprint density at radius 1 is 0.857 bits per heavy atom. The van der Waals surface area contributed by atoms with Gasteiger partial charge in [0.15, 0.2) is 0 Å². The van der Waals surface area contributed by atoms with Crippen molar-refractivity contribution in [2.24, 2.45) is 0 Å². The molecule has 1 aromatic heterocycles. The summed E-state index contributed by atoms with van der Waals surface area (Å²) in [6.45, 7) is 0. The van der Waals surface area contributed by atoms with Crippen molar-refractivity contribution < 1.29 is 5.11 Å². The molecule has 1 heterocycles. The number of phenolic OH excluding ortho intramolecular Hbond substituents is 1. The van der Waals surface area contributed by atoms with Crippen molar-refractivity contribution in [1.29, 1.82) is 0 Å². The van der Waals surface area contributed by atoms with Gasteiger partial charge >= 0.3 is 0 Å². The van der Waals surface area contributed by atoms with Crippen LogP contribution in [0.3, 0.4) is 0 Å². The molecule has 0 aliphatic heterocycles. The van der Waals surface area contributed by atoms with Gasteiger partial charge in [-0.05, 0) is 36.4 Å². The fourth-order valence-corrected chi connectivity index (χ4v) is 2.60. The minimum atomic E-state index is 0.165. The monoisotopic (exact) mass is 315 g/mol. The summed E-state index contributed by atoms with van der Waals surface area (Å²) >= 11 is 12.2. The smallest absolute Gasteiger partial charge is 0.141 e. The quantitative estimate of drug-likeness (QED) is 0.685. The number of rotatable bonds is 2. The van der Waals surface area contributed by atoms with E-state index in [4.69, 9.17) is 23.2 Å². The van der Waals surface area contributed by atoms with E-state index in [9.17, 15) is 5.11 Å². The minimum Gasteiger partial charge on any atom is -0.506 e. The lowest BCUT2D eigenvalue weighted by Gasteiger charge is -2.03. The van der Waals surface area contributed by atoms with Crippen LogP contribution in [-0.2, 0) is 0 Å². The summed E-state index contributed by atoms with van der Waals surface area (Å²) in [5, 5.41) is 11.9. The largest absolute Gasteiger partial charge is 0.506 e. The lowest BCUT2D eigenvalue weighted by molar-refractivity contribution is 0.480. The second-order valence-electron chi connectivity index (χ2n) is 4.55. The zero-order valence-electron chi connectivity index (χ0n) is 10.9. The summed E-state index contributed by atoms with van der Waals surface area (Å²) < 4.78 is 0. The van der Waals surface area contributed by atoms with E-state index in [0.717, 1.165) is 16.6 Å². The van der Waals surface area contributed by atoms with E-state index in [1.807, 2.05) is 30.4 Å². The number of para-hydroxylation sites is 1. The first-order valence-electron chi connectivity index (χ1n) is 6.36. The molecule has 0 unspecified atom stereocenters. The highest BCUT2D eigenvalue weighted by molar-refractivity contribution is 6.37. The molecule has 0 aliphatic rings. The maximum absolute atomic E-state index is 9.84. The Kier molecular flexibility index (Phi) is 3.82. The molecule has 0 aliphatic carbocycles. The van der Waals surface area contributed by atoms with Crippen LogP contribution in [-0.4, -0.2) is 10.1 Å². The van der Waals surface area contributed by atoms with Gasteiger partial charge < -0.3 is 5.11 Å². The van der Waals surface area contributed by atoms with Crippen LogP contribution in [0.15, 0.2) is 48.5 Å². The first-order valence-corrected chi connectivity index (χ1v) is 7.11. The number of fused-ring (bicyclic) bond motifs is 1. The van der Waals surface area contributed by atoms with E-state index in [2.05, 4.69) is 4.98 Å². The van der Waals surface area contributed by atoms with E-state index >= 15 is 0 Å². The molecule has 0 spiro atoms. The molecule has 21 heavy (non-hydrogen) atoms. The highest BCUT2D eigenvalue weighted by Crippen LogP contribution is 2.27. The van der Waals surface area contributed by atoms with E-state index < -0.39 is 0 Å². The lowest BCUT2D eigenvalue weighted by Crippen LogP contribution is -1.84. The Labute approximate surface area is 132 Å². The van der Waals surface area contributed by atoms with Gasteiger partial charge in [-0.3, -0.25) is 0 Å². The van der Waals surface area contributed by atoms with Gasteiger partial charge in [0.25, 0.3) is 0 Å². The molecule has 4 heteroatoms. The normalized spacial score (nSPS) is 11.3. The van der Waals surface area contributed by atoms with E-state index in [-0.39, 0.29) is 5.75 Å². The highest BCUT2D eigenvalue weighted by atomic mass is 35.5. The summed E-state index contributed by atoms with van der Waals surface area (Å²) in [7, 11) is 0. The third-order valence-electron chi connectivity index (χ3n) is 3.14. The molecule has 0 saturated carbocycles. The fourth-order valence-electron chi connectivity index (χ4n) is 2.08. The molecule has 104 valence electrons. The third-order valence-corrected chi connectivity index (χ3v) is 3.80. The first-order chi connectivity index (χ1) is 10.1. The van der Waals surface area contributed by atoms with E-state index in [0.29, 0.717) is 15.6 Å². The Morgan fingerprint density at radius 2 is 1.57 bits per heavy atom. The molecule has 1 N–H and O–H groups in total. The van der Waals surface area contributed by atoms with Gasteiger partial charge in [-0.2, -0.15) is 0 Å². The van der Waals surface area contributed by atoms with Crippen LogP contribution in [0.25, 0.3) is 23.1 Å². The topological polar surface area (TPSA) is 33.1 Å². The maximum atomic E-state index is 9.84. The van der Waals surface area contributed by atoms with Gasteiger partial charge in [0.2, 0.25) is 0 Å². The molecule has 0 fully saturated rings. The third kappa shape index (κ3) is 2.87. The molecule has 0 amide bonds. The molecule has 2 nitrogen and oxygen atoms in total. The lowest BCUT2D eigenvalue weighted by atomic mass is 10.1. The predicted octanol–water partition coefficient (Wildman–Crippen LogP) is 5.42. The fraction of sp³-hybridized carbons (Fsp3) is 0. The number of halogens is 2. The second kappa shape index (κ2) is 5.76. The van der Waals surface area contributed by atoms with Crippen molar-refractivity contribution in [2.45, 2.75) is 0 Å². The molecule has 2 aromatic carbocycles. The van der Waals surface area contributed by atoms with Crippen molar-refractivity contribution in [3.05, 3.63) is 69.8 Å². The number of phenols is 1. The Bertz CT molecular complexity index is 823. The molecular weight excluding hydrogens is 305 g/mol. The highest BCUT2D eigenvalue weighted by Gasteiger charge is 2.03. The maximum Gasteiger partial charge on any atom is 0.141 e. The number of benzene rings is 2. The second-order valence-corrected chi connectivity index (χ2v) is 5.37. The van der Waals surface area contributed by atoms with E-state index in [1.165, 1.54) is 0 Å². The number of nitrogens with zero attached hydrogens (tertiary/aromatic N) is 1. The zero-order chi connectivity index (χ0) is 14.8. The molecule has 0 saturated heterocycles. The number of hydrogen-bond acceptors (Lipinski definition) is 2. The zero-order valence-corrected chi connectivity index (χ0v) is 12.4. The van der Waals surface area contributed by atoms with Crippen molar-refractivity contribution >= 4 is 46.3 Å². The van der Waals surface area contributed by atoms with Crippen LogP contribution >= 0.6 is 23.2 Å². The molecule has 3 rings (SSSR count). The summed E-state index contributed by atoms with van der Waals surface area (Å²) in [5.74, 6) is 0.165. The summed E-state index contributed by atoms with van der Waals surface area (Å²) in [6.07, 6.45) is 3.64. The minimum absolute atomic E-state index is 0.165. The SMILES string of the molecule is Oc1cccc2ccc(C=Cc3c(Cl)cccc3Cl)nc12. The van der Waals surface area contributed by atoms with Gasteiger partial charge in [-0.25, -0.2) is 4.98 Å². The van der Waals surface area contributed by atoms with Crippen molar-refractivity contribution in [2.75, 3.05) is 0 Å².